The molecule has 1 aliphatic heterocycles. The van der Waals surface area contributed by atoms with E-state index in [1.54, 1.807) is 16.4 Å². The number of aryl methyl sites for hydroxylation is 1. The number of tetrazole rings is 1. The Kier molecular flexibility index (Phi) is 4.99. The molecule has 8 heteroatoms. The van der Waals surface area contributed by atoms with Crippen molar-refractivity contribution in [2.24, 2.45) is 0 Å². The van der Waals surface area contributed by atoms with Crippen LogP contribution in [0.2, 0.25) is 5.02 Å². The smallest absolute Gasteiger partial charge is 0.214 e. The minimum absolute atomic E-state index is 0.568. The van der Waals surface area contributed by atoms with Gasteiger partial charge in [-0.1, -0.05) is 41.6 Å². The van der Waals surface area contributed by atoms with Crippen molar-refractivity contribution in [3.05, 3.63) is 52.5 Å². The first-order valence-electron chi connectivity index (χ1n) is 8.27. The summed E-state index contributed by atoms with van der Waals surface area (Å²) >= 11 is 7.92. The molecule has 0 saturated heterocycles. The largest absolute Gasteiger partial charge is 0.489 e. The number of hydrogen-bond donors (Lipinski definition) is 0. The summed E-state index contributed by atoms with van der Waals surface area (Å²) in [5.74, 6) is 1.99. The fourth-order valence-electron chi connectivity index (χ4n) is 2.74. The average molecular weight is 389 g/mol. The van der Waals surface area contributed by atoms with Crippen LogP contribution in [0.25, 0.3) is 5.69 Å². The van der Waals surface area contributed by atoms with E-state index in [0.29, 0.717) is 35.5 Å². The third-order valence-electron chi connectivity index (χ3n) is 4.01. The number of thioether (sulfide) groups is 1. The van der Waals surface area contributed by atoms with Gasteiger partial charge in [-0.25, -0.2) is 0 Å². The number of halogens is 1. The van der Waals surface area contributed by atoms with Crippen LogP contribution in [0.4, 0.5) is 0 Å². The van der Waals surface area contributed by atoms with Gasteiger partial charge in [0.05, 0.1) is 23.9 Å². The van der Waals surface area contributed by atoms with Gasteiger partial charge in [0, 0.05) is 12.2 Å². The highest BCUT2D eigenvalue weighted by molar-refractivity contribution is 7.98. The summed E-state index contributed by atoms with van der Waals surface area (Å²) in [6.07, 6.45) is 0.848. The second-order valence-electron chi connectivity index (χ2n) is 5.90. The topological polar surface area (TPSA) is 62.1 Å². The van der Waals surface area contributed by atoms with Gasteiger partial charge in [-0.15, -0.1) is 5.10 Å². The molecule has 0 spiro atoms. The van der Waals surface area contributed by atoms with E-state index in [-0.39, 0.29) is 0 Å². The number of ether oxygens (including phenoxy) is 2. The second kappa shape index (κ2) is 7.55. The first kappa shape index (κ1) is 17.2. The van der Waals surface area contributed by atoms with E-state index in [1.165, 1.54) is 0 Å². The molecular formula is C18H17ClN4O2S. The van der Waals surface area contributed by atoms with Crippen LogP contribution >= 0.6 is 23.4 Å². The fraction of sp³-hybridized carbons (Fsp3) is 0.278. The number of nitrogens with zero attached hydrogens (tertiary/aromatic N) is 4. The van der Waals surface area contributed by atoms with Crippen molar-refractivity contribution >= 4 is 23.4 Å². The third-order valence-corrected chi connectivity index (χ3v) is 5.29. The molecular weight excluding hydrogens is 372 g/mol. The molecule has 0 unspecified atom stereocenters. The maximum Gasteiger partial charge on any atom is 0.214 e. The van der Waals surface area contributed by atoms with Crippen LogP contribution in [-0.4, -0.2) is 33.4 Å². The minimum atomic E-state index is 0.568. The summed E-state index contributed by atoms with van der Waals surface area (Å²) in [4.78, 5) is 0. The van der Waals surface area contributed by atoms with E-state index in [4.69, 9.17) is 21.1 Å². The molecule has 1 aromatic heterocycles. The normalized spacial score (nSPS) is 13.5. The van der Waals surface area contributed by atoms with E-state index < -0.39 is 0 Å². The molecule has 0 fully saturated rings. The van der Waals surface area contributed by atoms with Gasteiger partial charge >= 0.3 is 0 Å². The van der Waals surface area contributed by atoms with Crippen molar-refractivity contribution < 1.29 is 9.47 Å². The molecule has 0 amide bonds. The molecule has 0 atom stereocenters. The van der Waals surface area contributed by atoms with Crippen LogP contribution in [0.15, 0.2) is 41.6 Å². The Balaban J connectivity index is 1.56. The highest BCUT2D eigenvalue weighted by atomic mass is 35.5. The van der Waals surface area contributed by atoms with Gasteiger partial charge in [-0.05, 0) is 46.7 Å². The zero-order valence-corrected chi connectivity index (χ0v) is 15.8. The van der Waals surface area contributed by atoms with E-state index in [0.717, 1.165) is 28.4 Å². The van der Waals surface area contributed by atoms with Crippen LogP contribution in [-0.2, 0) is 5.75 Å². The van der Waals surface area contributed by atoms with Crippen LogP contribution in [0, 0.1) is 6.92 Å². The standard InChI is InChI=1S/C18H17ClN4O2S/c1-12-5-2-3-6-15(12)23-18(20-21-22-23)26-11-13-9-14(19)17-16(10-13)24-7-4-8-25-17/h2-3,5-6,9-10H,4,7-8,11H2,1H3. The SMILES string of the molecule is Cc1ccccc1-n1nnnc1SCc1cc(Cl)c2c(c1)OCCCO2. The molecule has 2 aromatic carbocycles. The summed E-state index contributed by atoms with van der Waals surface area (Å²) in [6.45, 7) is 3.28. The van der Waals surface area contributed by atoms with Gasteiger partial charge < -0.3 is 9.47 Å². The Morgan fingerprint density at radius 3 is 2.92 bits per heavy atom. The third kappa shape index (κ3) is 3.50. The van der Waals surface area contributed by atoms with Crippen molar-refractivity contribution in [2.45, 2.75) is 24.3 Å². The molecule has 3 aromatic rings. The molecule has 0 saturated carbocycles. The maximum absolute atomic E-state index is 6.37. The lowest BCUT2D eigenvalue weighted by Gasteiger charge is -2.11. The molecule has 0 aliphatic carbocycles. The van der Waals surface area contributed by atoms with Gasteiger partial charge in [0.15, 0.2) is 11.5 Å². The zero-order chi connectivity index (χ0) is 17.9. The minimum Gasteiger partial charge on any atom is -0.489 e. The van der Waals surface area contributed by atoms with Crippen molar-refractivity contribution in [1.82, 2.24) is 20.2 Å². The molecule has 26 heavy (non-hydrogen) atoms. The lowest BCUT2D eigenvalue weighted by molar-refractivity contribution is 0.297. The van der Waals surface area contributed by atoms with Gasteiger partial charge in [0.2, 0.25) is 5.16 Å². The summed E-state index contributed by atoms with van der Waals surface area (Å²) in [5.41, 5.74) is 3.11. The molecule has 4 rings (SSSR count). The first-order valence-corrected chi connectivity index (χ1v) is 9.64. The van der Waals surface area contributed by atoms with Gasteiger partial charge in [0.25, 0.3) is 0 Å². The lowest BCUT2D eigenvalue weighted by atomic mass is 10.2. The van der Waals surface area contributed by atoms with E-state index in [1.807, 2.05) is 43.3 Å². The Morgan fingerprint density at radius 2 is 2.04 bits per heavy atom. The molecule has 1 aliphatic rings. The summed E-state index contributed by atoms with van der Waals surface area (Å²) in [7, 11) is 0. The predicted molar refractivity (Wildman–Crippen MR) is 101 cm³/mol. The molecule has 2 heterocycles. The predicted octanol–water partition coefficient (Wildman–Crippen LogP) is 4.08. The fourth-order valence-corrected chi connectivity index (χ4v) is 3.84. The number of aromatic nitrogens is 4. The first-order chi connectivity index (χ1) is 12.7. The lowest BCUT2D eigenvalue weighted by Crippen LogP contribution is -2.01. The van der Waals surface area contributed by atoms with Gasteiger partial charge in [-0.2, -0.15) is 4.68 Å². The number of benzene rings is 2. The number of hydrogen-bond acceptors (Lipinski definition) is 6. The van der Waals surface area contributed by atoms with Crippen LogP contribution < -0.4 is 9.47 Å². The van der Waals surface area contributed by atoms with Gasteiger partial charge in [-0.3, -0.25) is 0 Å². The Bertz CT molecular complexity index is 931. The molecule has 0 radical (unpaired) electrons. The highest BCUT2D eigenvalue weighted by Crippen LogP contribution is 2.39. The van der Waals surface area contributed by atoms with Crippen molar-refractivity contribution in [2.75, 3.05) is 13.2 Å². The molecule has 0 N–H and O–H groups in total. The van der Waals surface area contributed by atoms with Crippen molar-refractivity contribution in [1.29, 1.82) is 0 Å². The quantitative estimate of drug-likeness (QED) is 0.627. The second-order valence-corrected chi connectivity index (χ2v) is 7.25. The molecule has 0 bridgehead atoms. The molecule has 6 nitrogen and oxygen atoms in total. The Hall–Kier alpha value is -2.25. The highest BCUT2D eigenvalue weighted by Gasteiger charge is 2.17. The van der Waals surface area contributed by atoms with E-state index in [9.17, 15) is 0 Å². The monoisotopic (exact) mass is 388 g/mol. The summed E-state index contributed by atoms with van der Waals surface area (Å²) in [6, 6.07) is 11.9. The molecule has 134 valence electrons. The number of rotatable bonds is 4. The van der Waals surface area contributed by atoms with Crippen LogP contribution in [0.5, 0.6) is 11.5 Å². The van der Waals surface area contributed by atoms with E-state index >= 15 is 0 Å². The van der Waals surface area contributed by atoms with Crippen LogP contribution in [0.1, 0.15) is 17.5 Å². The Labute approximate surface area is 160 Å². The number of para-hydroxylation sites is 1. The van der Waals surface area contributed by atoms with E-state index in [2.05, 4.69) is 15.5 Å². The maximum atomic E-state index is 6.37. The summed E-state index contributed by atoms with van der Waals surface area (Å²) in [5, 5.41) is 13.4. The van der Waals surface area contributed by atoms with Gasteiger partial charge in [0.1, 0.15) is 0 Å². The van der Waals surface area contributed by atoms with Crippen molar-refractivity contribution in [3.63, 3.8) is 0 Å². The Morgan fingerprint density at radius 1 is 1.19 bits per heavy atom. The average Bonchev–Trinajstić information content (AvgIpc) is 2.96. The summed E-state index contributed by atoms with van der Waals surface area (Å²) < 4.78 is 13.2. The van der Waals surface area contributed by atoms with Crippen molar-refractivity contribution in [3.8, 4) is 17.2 Å². The number of fused-ring (bicyclic) bond motifs is 1. The zero-order valence-electron chi connectivity index (χ0n) is 14.2. The van der Waals surface area contributed by atoms with Crippen LogP contribution in [0.3, 0.4) is 0 Å².